The summed E-state index contributed by atoms with van der Waals surface area (Å²) in [6, 6.07) is 6.03. The fourth-order valence-corrected chi connectivity index (χ4v) is 3.20. The maximum absolute atomic E-state index is 12.6. The number of benzene rings is 1. The van der Waals surface area contributed by atoms with E-state index in [9.17, 15) is 4.79 Å². The summed E-state index contributed by atoms with van der Waals surface area (Å²) in [7, 11) is 3.30. The molecule has 1 heterocycles. The largest absolute Gasteiger partial charge is 0.495 e. The van der Waals surface area contributed by atoms with Gasteiger partial charge in [-0.15, -0.1) is 0 Å². The molecular weight excluding hydrogens is 330 g/mol. The predicted molar refractivity (Wildman–Crippen MR) is 105 cm³/mol. The zero-order chi connectivity index (χ0) is 19.5. The number of carbonyl (C=O) groups excluding carboxylic acids is 1. The predicted octanol–water partition coefficient (Wildman–Crippen LogP) is 3.22. The van der Waals surface area contributed by atoms with Gasteiger partial charge in [0.05, 0.1) is 24.9 Å². The highest BCUT2D eigenvalue weighted by Gasteiger charge is 2.35. The van der Waals surface area contributed by atoms with Crippen LogP contribution in [0.1, 0.15) is 40.2 Å². The Morgan fingerprint density at radius 2 is 1.92 bits per heavy atom. The Kier molecular flexibility index (Phi) is 6.53. The molecule has 1 fully saturated rings. The van der Waals surface area contributed by atoms with Crippen LogP contribution in [0.5, 0.6) is 5.75 Å². The van der Waals surface area contributed by atoms with E-state index in [1.165, 1.54) is 0 Å². The Labute approximate surface area is 157 Å². The third-order valence-electron chi connectivity index (χ3n) is 4.96. The third-order valence-corrected chi connectivity index (χ3v) is 4.96. The summed E-state index contributed by atoms with van der Waals surface area (Å²) in [5, 5.41) is 5.99. The van der Waals surface area contributed by atoms with Gasteiger partial charge < -0.3 is 20.1 Å². The van der Waals surface area contributed by atoms with Crippen LogP contribution in [0.2, 0.25) is 0 Å². The molecule has 1 saturated heterocycles. The summed E-state index contributed by atoms with van der Waals surface area (Å²) in [5.41, 5.74) is 1.80. The van der Waals surface area contributed by atoms with Gasteiger partial charge in [-0.3, -0.25) is 4.90 Å². The lowest BCUT2D eigenvalue weighted by molar-refractivity contribution is 0.0896. The topological polar surface area (TPSA) is 62.8 Å². The van der Waals surface area contributed by atoms with Gasteiger partial charge in [0.2, 0.25) is 0 Å². The third kappa shape index (κ3) is 4.89. The Bertz CT molecular complexity index is 625. The Morgan fingerprint density at radius 3 is 2.46 bits per heavy atom. The molecule has 146 valence electrons. The molecule has 26 heavy (non-hydrogen) atoms. The first kappa shape index (κ1) is 20.5. The number of amides is 2. The van der Waals surface area contributed by atoms with E-state index in [4.69, 9.17) is 9.47 Å². The molecule has 1 aliphatic rings. The van der Waals surface area contributed by atoms with Crippen molar-refractivity contribution in [2.45, 2.75) is 58.2 Å². The SMILES string of the molecule is COc1ccc(C(C)(C)C)cc1NC(=O)N[C@@H]1CN(C(C)C)C[C@H]1OC. The van der Waals surface area contributed by atoms with Crippen LogP contribution in [0.25, 0.3) is 0 Å². The summed E-state index contributed by atoms with van der Waals surface area (Å²) in [6.07, 6.45) is -0.00837. The maximum atomic E-state index is 12.6. The average Bonchev–Trinajstić information content (AvgIpc) is 2.97. The van der Waals surface area contributed by atoms with E-state index in [0.29, 0.717) is 17.5 Å². The molecule has 6 nitrogen and oxygen atoms in total. The quantitative estimate of drug-likeness (QED) is 0.843. The monoisotopic (exact) mass is 363 g/mol. The zero-order valence-corrected chi connectivity index (χ0v) is 17.1. The number of nitrogens with zero attached hydrogens (tertiary/aromatic N) is 1. The second-order valence-electron chi connectivity index (χ2n) is 8.19. The fraction of sp³-hybridized carbons (Fsp3) is 0.650. The summed E-state index contributed by atoms with van der Waals surface area (Å²) >= 11 is 0. The van der Waals surface area contributed by atoms with Gasteiger partial charge in [0.1, 0.15) is 5.75 Å². The maximum Gasteiger partial charge on any atom is 0.319 e. The van der Waals surface area contributed by atoms with E-state index in [2.05, 4.69) is 50.2 Å². The van der Waals surface area contributed by atoms with E-state index in [0.717, 1.165) is 18.7 Å². The van der Waals surface area contributed by atoms with E-state index in [-0.39, 0.29) is 23.6 Å². The first-order chi connectivity index (χ1) is 12.2. The lowest BCUT2D eigenvalue weighted by Crippen LogP contribution is -2.45. The minimum absolute atomic E-state index is 0.00837. The second kappa shape index (κ2) is 8.27. The van der Waals surface area contributed by atoms with Crippen molar-refractivity contribution < 1.29 is 14.3 Å². The summed E-state index contributed by atoms with van der Waals surface area (Å²) in [5.74, 6) is 0.645. The van der Waals surface area contributed by atoms with Gasteiger partial charge in [-0.05, 0) is 37.0 Å². The number of urea groups is 1. The van der Waals surface area contributed by atoms with Crippen molar-refractivity contribution >= 4 is 11.7 Å². The smallest absolute Gasteiger partial charge is 0.319 e. The van der Waals surface area contributed by atoms with E-state index in [1.54, 1.807) is 14.2 Å². The number of carbonyl (C=O) groups is 1. The van der Waals surface area contributed by atoms with Gasteiger partial charge in [-0.1, -0.05) is 26.8 Å². The van der Waals surface area contributed by atoms with Gasteiger partial charge >= 0.3 is 6.03 Å². The van der Waals surface area contributed by atoms with Crippen molar-refractivity contribution in [3.63, 3.8) is 0 Å². The Hall–Kier alpha value is -1.79. The number of methoxy groups -OCH3 is 2. The molecule has 0 aromatic heterocycles. The average molecular weight is 364 g/mol. The van der Waals surface area contributed by atoms with E-state index in [1.807, 2.05) is 18.2 Å². The van der Waals surface area contributed by atoms with Crippen LogP contribution in [-0.4, -0.2) is 56.4 Å². The lowest BCUT2D eigenvalue weighted by atomic mass is 9.87. The molecule has 0 saturated carbocycles. The summed E-state index contributed by atoms with van der Waals surface area (Å²) < 4.78 is 11.0. The van der Waals surface area contributed by atoms with Crippen LogP contribution in [0.15, 0.2) is 18.2 Å². The molecule has 0 aliphatic carbocycles. The van der Waals surface area contributed by atoms with Crippen LogP contribution in [-0.2, 0) is 10.2 Å². The van der Waals surface area contributed by atoms with Crippen LogP contribution >= 0.6 is 0 Å². The number of likely N-dealkylation sites (tertiary alicyclic amines) is 1. The first-order valence-corrected chi connectivity index (χ1v) is 9.18. The van der Waals surface area contributed by atoms with Gasteiger partial charge in [-0.2, -0.15) is 0 Å². The standard InChI is InChI=1S/C20H33N3O3/c1-13(2)23-11-16(18(12-23)26-7)22-19(24)21-15-10-14(20(3,4)5)8-9-17(15)25-6/h8-10,13,16,18H,11-12H2,1-7H3,(H2,21,22,24)/t16-,18-/m1/s1. The number of hydrogen-bond acceptors (Lipinski definition) is 4. The van der Waals surface area contributed by atoms with Crippen molar-refractivity contribution in [3.05, 3.63) is 23.8 Å². The number of rotatable bonds is 5. The van der Waals surface area contributed by atoms with Crippen LogP contribution < -0.4 is 15.4 Å². The first-order valence-electron chi connectivity index (χ1n) is 9.18. The highest BCUT2D eigenvalue weighted by molar-refractivity contribution is 5.91. The number of anilines is 1. The van der Waals surface area contributed by atoms with Crippen LogP contribution in [0, 0.1) is 0 Å². The highest BCUT2D eigenvalue weighted by Crippen LogP contribution is 2.31. The van der Waals surface area contributed by atoms with Crippen LogP contribution in [0.4, 0.5) is 10.5 Å². The van der Waals surface area contributed by atoms with Gasteiger partial charge in [-0.25, -0.2) is 4.79 Å². The minimum Gasteiger partial charge on any atom is -0.495 e. The molecule has 2 amide bonds. The highest BCUT2D eigenvalue weighted by atomic mass is 16.5. The molecule has 1 aromatic rings. The van der Waals surface area contributed by atoms with Crippen molar-refractivity contribution in [2.24, 2.45) is 0 Å². The van der Waals surface area contributed by atoms with Gasteiger partial charge in [0.25, 0.3) is 0 Å². The molecule has 2 atom stereocenters. The van der Waals surface area contributed by atoms with Crippen molar-refractivity contribution in [1.82, 2.24) is 10.2 Å². The molecule has 0 radical (unpaired) electrons. The normalized spacial score (nSPS) is 21.1. The number of hydrogen-bond donors (Lipinski definition) is 2. The summed E-state index contributed by atoms with van der Waals surface area (Å²) in [4.78, 5) is 14.9. The molecule has 0 unspecified atom stereocenters. The van der Waals surface area contributed by atoms with Crippen molar-refractivity contribution in [1.29, 1.82) is 0 Å². The summed E-state index contributed by atoms with van der Waals surface area (Å²) in [6.45, 7) is 12.3. The molecule has 6 heteroatoms. The molecule has 0 bridgehead atoms. The van der Waals surface area contributed by atoms with Crippen molar-refractivity contribution in [2.75, 3.05) is 32.6 Å². The zero-order valence-electron chi connectivity index (χ0n) is 17.1. The fourth-order valence-electron chi connectivity index (χ4n) is 3.20. The molecule has 2 N–H and O–H groups in total. The number of ether oxygens (including phenoxy) is 2. The molecule has 0 spiro atoms. The van der Waals surface area contributed by atoms with Gasteiger partial charge in [0, 0.05) is 26.2 Å². The molecule has 1 aromatic carbocycles. The molecule has 2 rings (SSSR count). The second-order valence-corrected chi connectivity index (χ2v) is 8.19. The minimum atomic E-state index is -0.244. The van der Waals surface area contributed by atoms with E-state index >= 15 is 0 Å². The van der Waals surface area contributed by atoms with Gasteiger partial charge in [0.15, 0.2) is 0 Å². The van der Waals surface area contributed by atoms with Crippen LogP contribution in [0.3, 0.4) is 0 Å². The lowest BCUT2D eigenvalue weighted by Gasteiger charge is -2.22. The molecular formula is C20H33N3O3. The molecule has 1 aliphatic heterocycles. The number of nitrogens with one attached hydrogen (secondary N) is 2. The van der Waals surface area contributed by atoms with E-state index < -0.39 is 0 Å². The van der Waals surface area contributed by atoms with Crippen molar-refractivity contribution in [3.8, 4) is 5.75 Å². The Morgan fingerprint density at radius 1 is 1.23 bits per heavy atom. The Balaban J connectivity index is 2.09.